The minimum Gasteiger partial charge on any atom is -0.396 e. The smallest absolute Gasteiger partial charge is 0.145 e. The first-order chi connectivity index (χ1) is 8.11. The van der Waals surface area contributed by atoms with Gasteiger partial charge in [0, 0.05) is 12.0 Å². The quantitative estimate of drug-likeness (QED) is 0.589. The molecule has 0 amide bonds. The van der Waals surface area contributed by atoms with Crippen LogP contribution in [0, 0.1) is 17.3 Å². The van der Waals surface area contributed by atoms with Gasteiger partial charge in [-0.25, -0.2) is 0 Å². The molecule has 0 unspecified atom stereocenters. The molecule has 0 bridgehead atoms. The zero-order chi connectivity index (χ0) is 12.5. The van der Waals surface area contributed by atoms with Gasteiger partial charge in [-0.15, -0.1) is 0 Å². The second-order valence-electron chi connectivity index (χ2n) is 5.78. The summed E-state index contributed by atoms with van der Waals surface area (Å²) >= 11 is 0. The van der Waals surface area contributed by atoms with E-state index in [2.05, 4.69) is 26.0 Å². The van der Waals surface area contributed by atoms with Gasteiger partial charge in [0.05, 0.1) is 0 Å². The third-order valence-electron chi connectivity index (χ3n) is 4.59. The first-order valence-electron chi connectivity index (χ1n) is 6.54. The van der Waals surface area contributed by atoms with Gasteiger partial charge >= 0.3 is 0 Å². The second kappa shape index (κ2) is 4.77. The normalized spacial score (nSPS) is 43.7. The SMILES string of the molecule is C/C1=C/CC/C(C=O)=C\[C@H]2[C@@H](CC1)[C@]2(C)CO. The number of aldehydes is 1. The Balaban J connectivity index is 2.20. The predicted molar refractivity (Wildman–Crippen MR) is 68.5 cm³/mol. The van der Waals surface area contributed by atoms with E-state index in [0.717, 1.165) is 37.5 Å². The van der Waals surface area contributed by atoms with Crippen LogP contribution in [0.25, 0.3) is 0 Å². The fourth-order valence-electron chi connectivity index (χ4n) is 3.12. The molecule has 0 saturated heterocycles. The van der Waals surface area contributed by atoms with Gasteiger partial charge in [0.1, 0.15) is 6.29 Å². The molecule has 3 atom stereocenters. The summed E-state index contributed by atoms with van der Waals surface area (Å²) in [5, 5.41) is 9.51. The molecule has 17 heavy (non-hydrogen) atoms. The van der Waals surface area contributed by atoms with Crippen molar-refractivity contribution in [3.8, 4) is 0 Å². The molecule has 0 aromatic heterocycles. The fraction of sp³-hybridized carbons (Fsp3) is 0.667. The van der Waals surface area contributed by atoms with E-state index in [1.807, 2.05) is 0 Å². The summed E-state index contributed by atoms with van der Waals surface area (Å²) in [6, 6.07) is 0. The number of carbonyl (C=O) groups is 1. The number of aliphatic hydroxyl groups excluding tert-OH is 1. The highest BCUT2D eigenvalue weighted by atomic mass is 16.3. The Kier molecular flexibility index (Phi) is 3.53. The highest BCUT2D eigenvalue weighted by Gasteiger charge is 2.58. The highest BCUT2D eigenvalue weighted by molar-refractivity contribution is 5.73. The molecule has 2 rings (SSSR count). The number of rotatable bonds is 2. The molecule has 94 valence electrons. The molecule has 2 nitrogen and oxygen atoms in total. The average Bonchev–Trinajstić information content (AvgIpc) is 2.90. The Bertz CT molecular complexity index is 367. The van der Waals surface area contributed by atoms with Crippen LogP contribution >= 0.6 is 0 Å². The lowest BCUT2D eigenvalue weighted by molar-refractivity contribution is -0.105. The molecule has 1 fully saturated rings. The van der Waals surface area contributed by atoms with Crippen molar-refractivity contribution in [1.29, 1.82) is 0 Å². The van der Waals surface area contributed by atoms with E-state index in [1.165, 1.54) is 5.57 Å². The van der Waals surface area contributed by atoms with Crippen molar-refractivity contribution in [2.75, 3.05) is 6.61 Å². The van der Waals surface area contributed by atoms with E-state index < -0.39 is 0 Å². The summed E-state index contributed by atoms with van der Waals surface area (Å²) < 4.78 is 0. The Morgan fingerprint density at radius 1 is 1.53 bits per heavy atom. The maximum atomic E-state index is 11.0. The van der Waals surface area contributed by atoms with Gasteiger partial charge in [-0.05, 0) is 50.0 Å². The summed E-state index contributed by atoms with van der Waals surface area (Å²) in [6.07, 6.45) is 9.40. The van der Waals surface area contributed by atoms with Crippen LogP contribution in [0.5, 0.6) is 0 Å². The molecule has 1 saturated carbocycles. The lowest BCUT2D eigenvalue weighted by atomic mass is 10.0. The zero-order valence-corrected chi connectivity index (χ0v) is 10.8. The number of carbonyl (C=O) groups excluding carboxylic acids is 1. The van der Waals surface area contributed by atoms with Crippen LogP contribution in [0.2, 0.25) is 0 Å². The Labute approximate surface area is 103 Å². The largest absolute Gasteiger partial charge is 0.396 e. The molecule has 0 radical (unpaired) electrons. The first-order valence-corrected chi connectivity index (χ1v) is 6.54. The number of allylic oxidation sites excluding steroid dienone is 4. The molecule has 0 spiro atoms. The van der Waals surface area contributed by atoms with E-state index >= 15 is 0 Å². The van der Waals surface area contributed by atoms with Crippen molar-refractivity contribution in [3.05, 3.63) is 23.3 Å². The van der Waals surface area contributed by atoms with Crippen molar-refractivity contribution < 1.29 is 9.90 Å². The van der Waals surface area contributed by atoms with Crippen LogP contribution in [0.3, 0.4) is 0 Å². The van der Waals surface area contributed by atoms with Crippen molar-refractivity contribution in [2.24, 2.45) is 17.3 Å². The van der Waals surface area contributed by atoms with Crippen molar-refractivity contribution in [3.63, 3.8) is 0 Å². The Morgan fingerprint density at radius 2 is 2.29 bits per heavy atom. The van der Waals surface area contributed by atoms with E-state index in [-0.39, 0.29) is 12.0 Å². The molecule has 0 aromatic rings. The fourth-order valence-corrected chi connectivity index (χ4v) is 3.12. The molecular weight excluding hydrogens is 212 g/mol. The van der Waals surface area contributed by atoms with Crippen LogP contribution in [0.4, 0.5) is 0 Å². The van der Waals surface area contributed by atoms with Gasteiger partial charge in [0.15, 0.2) is 0 Å². The maximum absolute atomic E-state index is 11.0. The first kappa shape index (κ1) is 12.6. The van der Waals surface area contributed by atoms with Crippen LogP contribution in [0.1, 0.15) is 39.5 Å². The molecule has 2 heteroatoms. The third kappa shape index (κ3) is 2.37. The number of hydrogen-bond donors (Lipinski definition) is 1. The third-order valence-corrected chi connectivity index (χ3v) is 4.59. The van der Waals surface area contributed by atoms with Gasteiger partial charge < -0.3 is 5.11 Å². The van der Waals surface area contributed by atoms with Crippen LogP contribution in [-0.2, 0) is 4.79 Å². The van der Waals surface area contributed by atoms with E-state index in [4.69, 9.17) is 0 Å². The minimum absolute atomic E-state index is 0.0128. The summed E-state index contributed by atoms with van der Waals surface area (Å²) in [6.45, 7) is 4.53. The van der Waals surface area contributed by atoms with Gasteiger partial charge in [-0.2, -0.15) is 0 Å². The lowest BCUT2D eigenvalue weighted by Gasteiger charge is -2.06. The summed E-state index contributed by atoms with van der Waals surface area (Å²) in [7, 11) is 0. The summed E-state index contributed by atoms with van der Waals surface area (Å²) in [5.74, 6) is 0.947. The van der Waals surface area contributed by atoms with E-state index in [0.29, 0.717) is 11.8 Å². The average molecular weight is 234 g/mol. The standard InChI is InChI=1S/C15H22O2/c1-11-4-3-5-12(9-16)8-14-13(7-6-11)15(14,2)10-17/h4,8-9,13-14,17H,3,5-7,10H2,1-2H3/b11-4-,12-8+/t13-,14+,15+/m1/s1. The topological polar surface area (TPSA) is 37.3 Å². The summed E-state index contributed by atoms with van der Waals surface area (Å²) in [5.41, 5.74) is 2.34. The molecule has 1 N–H and O–H groups in total. The van der Waals surface area contributed by atoms with Gasteiger partial charge in [0.2, 0.25) is 0 Å². The second-order valence-corrected chi connectivity index (χ2v) is 5.78. The Hall–Kier alpha value is -0.890. The van der Waals surface area contributed by atoms with Gasteiger partial charge in [-0.1, -0.05) is 24.6 Å². The molecule has 0 heterocycles. The van der Waals surface area contributed by atoms with Crippen LogP contribution in [0.15, 0.2) is 23.3 Å². The van der Waals surface area contributed by atoms with Crippen molar-refractivity contribution in [1.82, 2.24) is 0 Å². The predicted octanol–water partition coefficient (Wildman–Crippen LogP) is 2.88. The highest BCUT2D eigenvalue weighted by Crippen LogP contribution is 2.61. The molecule has 0 aromatic carbocycles. The summed E-state index contributed by atoms with van der Waals surface area (Å²) in [4.78, 5) is 11.0. The van der Waals surface area contributed by atoms with Crippen LogP contribution in [-0.4, -0.2) is 18.0 Å². The van der Waals surface area contributed by atoms with E-state index in [9.17, 15) is 9.90 Å². The molecule has 2 aliphatic rings. The van der Waals surface area contributed by atoms with Crippen LogP contribution < -0.4 is 0 Å². The Morgan fingerprint density at radius 3 is 2.94 bits per heavy atom. The maximum Gasteiger partial charge on any atom is 0.145 e. The lowest BCUT2D eigenvalue weighted by Crippen LogP contribution is -2.05. The van der Waals surface area contributed by atoms with E-state index in [1.54, 1.807) is 0 Å². The zero-order valence-electron chi connectivity index (χ0n) is 10.8. The monoisotopic (exact) mass is 234 g/mol. The van der Waals surface area contributed by atoms with Crippen molar-refractivity contribution in [2.45, 2.75) is 39.5 Å². The van der Waals surface area contributed by atoms with Crippen molar-refractivity contribution >= 4 is 6.29 Å². The number of aliphatic hydroxyl groups is 1. The van der Waals surface area contributed by atoms with Gasteiger partial charge in [0.25, 0.3) is 0 Å². The number of hydrogen-bond acceptors (Lipinski definition) is 2. The number of fused-ring (bicyclic) bond motifs is 1. The minimum atomic E-state index is 0.0128. The molecule has 2 aliphatic carbocycles. The molecule has 0 aliphatic heterocycles. The van der Waals surface area contributed by atoms with Gasteiger partial charge in [-0.3, -0.25) is 4.79 Å². The molecular formula is C15H22O2.